The van der Waals surface area contributed by atoms with Gasteiger partial charge in [-0.3, -0.25) is 14.8 Å². The molecule has 0 spiro atoms. The van der Waals surface area contributed by atoms with E-state index in [1.807, 2.05) is 13.0 Å². The normalized spacial score (nSPS) is 16.4. The van der Waals surface area contributed by atoms with Gasteiger partial charge in [-0.1, -0.05) is 60.7 Å². The average Bonchev–Trinajstić information content (AvgIpc) is 2.81. The quantitative estimate of drug-likeness (QED) is 0.608. The van der Waals surface area contributed by atoms with E-state index in [1.54, 1.807) is 12.4 Å². The van der Waals surface area contributed by atoms with E-state index in [4.69, 9.17) is 4.74 Å². The smallest absolute Gasteiger partial charge is 0.125 e. The van der Waals surface area contributed by atoms with Crippen molar-refractivity contribution in [3.63, 3.8) is 0 Å². The molecule has 3 aromatic rings. The zero-order valence-corrected chi connectivity index (χ0v) is 18.1. The third kappa shape index (κ3) is 5.70. The Kier molecular flexibility index (Phi) is 7.30. The Labute approximate surface area is 184 Å². The van der Waals surface area contributed by atoms with Gasteiger partial charge in [0, 0.05) is 50.7 Å². The summed E-state index contributed by atoms with van der Waals surface area (Å²) >= 11 is 0. The minimum atomic E-state index is -0.516. The summed E-state index contributed by atoms with van der Waals surface area (Å²) < 4.78 is 5.79. The van der Waals surface area contributed by atoms with E-state index in [1.165, 1.54) is 11.1 Å². The molecule has 5 nitrogen and oxygen atoms in total. The summed E-state index contributed by atoms with van der Waals surface area (Å²) in [6.45, 7) is 6.67. The molecule has 1 fully saturated rings. The van der Waals surface area contributed by atoms with Crippen LogP contribution in [0.3, 0.4) is 0 Å². The fraction of sp³-hybridized carbons (Fsp3) is 0.346. The summed E-state index contributed by atoms with van der Waals surface area (Å²) in [7, 11) is 0. The van der Waals surface area contributed by atoms with Crippen LogP contribution in [0.1, 0.15) is 22.7 Å². The van der Waals surface area contributed by atoms with Gasteiger partial charge in [0.1, 0.15) is 18.5 Å². The van der Waals surface area contributed by atoms with Crippen molar-refractivity contribution >= 4 is 0 Å². The molecule has 0 bridgehead atoms. The Bertz CT molecular complexity index is 888. The van der Waals surface area contributed by atoms with Gasteiger partial charge < -0.3 is 9.84 Å². The van der Waals surface area contributed by atoms with Crippen molar-refractivity contribution in [1.29, 1.82) is 0 Å². The van der Waals surface area contributed by atoms with Crippen LogP contribution in [0.4, 0.5) is 0 Å². The van der Waals surface area contributed by atoms with Crippen molar-refractivity contribution in [3.05, 3.63) is 95.8 Å². The van der Waals surface area contributed by atoms with Crippen LogP contribution in [0.2, 0.25) is 0 Å². The highest BCUT2D eigenvalue weighted by Gasteiger charge is 2.27. The molecule has 2 heterocycles. The number of hydrogen-bond donors (Lipinski definition) is 1. The maximum absolute atomic E-state index is 10.5. The lowest BCUT2D eigenvalue weighted by Gasteiger charge is -2.40. The molecule has 4 rings (SSSR count). The zero-order valence-electron chi connectivity index (χ0n) is 18.1. The average molecular weight is 418 g/mol. The number of rotatable bonds is 8. The Balaban J connectivity index is 1.33. The molecular formula is C26H31N3O2. The first-order valence-electron chi connectivity index (χ1n) is 11.0. The van der Waals surface area contributed by atoms with E-state index in [2.05, 4.69) is 75.4 Å². The molecule has 5 heteroatoms. The maximum Gasteiger partial charge on any atom is 0.125 e. The van der Waals surface area contributed by atoms with E-state index in [9.17, 15) is 5.11 Å². The number of aliphatic hydroxyl groups is 1. The van der Waals surface area contributed by atoms with Crippen molar-refractivity contribution in [3.8, 4) is 5.75 Å². The van der Waals surface area contributed by atoms with E-state index in [-0.39, 0.29) is 6.04 Å². The zero-order chi connectivity index (χ0) is 21.5. The van der Waals surface area contributed by atoms with Crippen LogP contribution >= 0.6 is 0 Å². The SMILES string of the molecule is Cc1cnccc1OCC(O)CN1CCN(C(c2ccccc2)c2ccccc2)CC1. The topological polar surface area (TPSA) is 48.8 Å². The molecular weight excluding hydrogens is 386 g/mol. The summed E-state index contributed by atoms with van der Waals surface area (Å²) in [5.41, 5.74) is 3.63. The van der Waals surface area contributed by atoms with Gasteiger partial charge in [-0.25, -0.2) is 0 Å². The van der Waals surface area contributed by atoms with Gasteiger partial charge in [-0.05, 0) is 24.1 Å². The Morgan fingerprint density at radius 3 is 2.10 bits per heavy atom. The number of pyridine rings is 1. The molecule has 1 aliphatic heterocycles. The highest BCUT2D eigenvalue weighted by Crippen LogP contribution is 2.29. The van der Waals surface area contributed by atoms with Gasteiger partial charge in [0.2, 0.25) is 0 Å². The maximum atomic E-state index is 10.5. The van der Waals surface area contributed by atoms with E-state index < -0.39 is 6.10 Å². The number of aromatic nitrogens is 1. The minimum Gasteiger partial charge on any atom is -0.490 e. The number of hydrogen-bond acceptors (Lipinski definition) is 5. The largest absolute Gasteiger partial charge is 0.490 e. The highest BCUT2D eigenvalue weighted by molar-refractivity contribution is 5.32. The van der Waals surface area contributed by atoms with E-state index in [0.717, 1.165) is 37.5 Å². The number of β-amino-alcohol motifs (C(OH)–C–C–N with tert-alkyl or cyclic N) is 1. The van der Waals surface area contributed by atoms with Crippen LogP contribution in [0.5, 0.6) is 5.75 Å². The number of piperazine rings is 1. The van der Waals surface area contributed by atoms with Crippen molar-refractivity contribution in [2.75, 3.05) is 39.3 Å². The first-order chi connectivity index (χ1) is 15.2. The molecule has 162 valence electrons. The molecule has 1 aromatic heterocycles. The molecule has 0 amide bonds. The Morgan fingerprint density at radius 1 is 0.903 bits per heavy atom. The predicted molar refractivity (Wildman–Crippen MR) is 123 cm³/mol. The monoisotopic (exact) mass is 417 g/mol. The van der Waals surface area contributed by atoms with Crippen LogP contribution < -0.4 is 4.74 Å². The van der Waals surface area contributed by atoms with E-state index >= 15 is 0 Å². The number of aliphatic hydroxyl groups excluding tert-OH is 1. The molecule has 0 radical (unpaired) electrons. The summed E-state index contributed by atoms with van der Waals surface area (Å²) in [5.74, 6) is 0.785. The van der Waals surface area contributed by atoms with Gasteiger partial charge in [0.25, 0.3) is 0 Å². The number of ether oxygens (including phenoxy) is 1. The standard InChI is InChI=1S/C26H31N3O2/c1-21-18-27-13-12-25(21)31-20-24(30)19-28-14-16-29(17-15-28)26(22-8-4-2-5-9-22)23-10-6-3-7-11-23/h2-13,18,24,26,30H,14-17,19-20H2,1H3. The summed E-state index contributed by atoms with van der Waals surface area (Å²) in [6.07, 6.45) is 2.97. The van der Waals surface area contributed by atoms with Gasteiger partial charge in [0.15, 0.2) is 0 Å². The van der Waals surface area contributed by atoms with Gasteiger partial charge in [-0.15, -0.1) is 0 Å². The lowest BCUT2D eigenvalue weighted by atomic mass is 9.96. The fourth-order valence-corrected chi connectivity index (χ4v) is 4.25. The molecule has 0 aliphatic carbocycles. The summed E-state index contributed by atoms with van der Waals surface area (Å²) in [5, 5.41) is 10.5. The molecule has 1 saturated heterocycles. The minimum absolute atomic E-state index is 0.257. The van der Waals surface area contributed by atoms with Crippen molar-refractivity contribution in [2.24, 2.45) is 0 Å². The second kappa shape index (κ2) is 10.5. The van der Waals surface area contributed by atoms with Crippen LogP contribution in [-0.4, -0.2) is 65.3 Å². The third-order valence-corrected chi connectivity index (χ3v) is 5.87. The summed E-state index contributed by atoms with van der Waals surface area (Å²) in [6, 6.07) is 23.5. The van der Waals surface area contributed by atoms with E-state index in [0.29, 0.717) is 13.2 Å². The van der Waals surface area contributed by atoms with Crippen molar-refractivity contribution in [1.82, 2.24) is 14.8 Å². The van der Waals surface area contributed by atoms with Gasteiger partial charge >= 0.3 is 0 Å². The molecule has 0 saturated carbocycles. The Morgan fingerprint density at radius 2 is 1.52 bits per heavy atom. The lowest BCUT2D eigenvalue weighted by molar-refractivity contribution is 0.0399. The first-order valence-corrected chi connectivity index (χ1v) is 11.0. The first kappa shape index (κ1) is 21.5. The van der Waals surface area contributed by atoms with Crippen LogP contribution in [0.25, 0.3) is 0 Å². The number of nitrogens with zero attached hydrogens (tertiary/aromatic N) is 3. The second-order valence-corrected chi connectivity index (χ2v) is 8.17. The van der Waals surface area contributed by atoms with Crippen LogP contribution in [0, 0.1) is 6.92 Å². The predicted octanol–water partition coefficient (Wildman–Crippen LogP) is 3.54. The number of benzene rings is 2. The highest BCUT2D eigenvalue weighted by atomic mass is 16.5. The van der Waals surface area contributed by atoms with Gasteiger partial charge in [-0.2, -0.15) is 0 Å². The third-order valence-electron chi connectivity index (χ3n) is 5.87. The molecule has 1 N–H and O–H groups in total. The molecule has 1 aliphatic rings. The fourth-order valence-electron chi connectivity index (χ4n) is 4.25. The second-order valence-electron chi connectivity index (χ2n) is 8.17. The lowest BCUT2D eigenvalue weighted by Crippen LogP contribution is -2.50. The Hall–Kier alpha value is -2.73. The summed E-state index contributed by atoms with van der Waals surface area (Å²) in [4.78, 5) is 8.95. The van der Waals surface area contributed by atoms with Crippen molar-refractivity contribution in [2.45, 2.75) is 19.1 Å². The molecule has 1 atom stereocenters. The number of aryl methyl sites for hydroxylation is 1. The molecule has 2 aromatic carbocycles. The van der Waals surface area contributed by atoms with Crippen LogP contribution in [-0.2, 0) is 0 Å². The van der Waals surface area contributed by atoms with Gasteiger partial charge in [0.05, 0.1) is 6.04 Å². The van der Waals surface area contributed by atoms with Crippen LogP contribution in [0.15, 0.2) is 79.1 Å². The molecule has 31 heavy (non-hydrogen) atoms. The van der Waals surface area contributed by atoms with Crippen molar-refractivity contribution < 1.29 is 9.84 Å². The molecule has 1 unspecified atom stereocenters.